The van der Waals surface area contributed by atoms with Crippen molar-refractivity contribution in [3.8, 4) is 5.75 Å². The van der Waals surface area contributed by atoms with E-state index in [1.165, 1.54) is 5.56 Å². The second-order valence-corrected chi connectivity index (χ2v) is 5.73. The van der Waals surface area contributed by atoms with Crippen LogP contribution in [0.3, 0.4) is 0 Å². The second-order valence-electron chi connectivity index (χ2n) is 5.73. The molecule has 0 saturated carbocycles. The van der Waals surface area contributed by atoms with Gasteiger partial charge < -0.3 is 4.74 Å². The van der Waals surface area contributed by atoms with Crippen molar-refractivity contribution in [2.24, 2.45) is 5.84 Å². The summed E-state index contributed by atoms with van der Waals surface area (Å²) in [6.07, 6.45) is 1.00. The molecule has 120 valence electrons. The van der Waals surface area contributed by atoms with E-state index < -0.39 is 0 Å². The van der Waals surface area contributed by atoms with Gasteiger partial charge in [0.1, 0.15) is 5.75 Å². The molecule has 0 heterocycles. The summed E-state index contributed by atoms with van der Waals surface area (Å²) in [6, 6.07) is 6.27. The van der Waals surface area contributed by atoms with E-state index in [1.54, 1.807) is 7.11 Å². The fourth-order valence-electron chi connectivity index (χ4n) is 3.24. The Morgan fingerprint density at radius 2 is 1.90 bits per heavy atom. The number of methoxy groups -OCH3 is 1. The van der Waals surface area contributed by atoms with Crippen LogP contribution in [0.15, 0.2) is 18.2 Å². The van der Waals surface area contributed by atoms with Crippen LogP contribution >= 0.6 is 0 Å². The molecule has 2 atom stereocenters. The van der Waals surface area contributed by atoms with Crippen molar-refractivity contribution >= 4 is 0 Å². The Morgan fingerprint density at radius 3 is 2.33 bits per heavy atom. The van der Waals surface area contributed by atoms with Crippen LogP contribution < -0.4 is 16.0 Å². The number of benzene rings is 1. The van der Waals surface area contributed by atoms with Crippen molar-refractivity contribution < 1.29 is 4.74 Å². The molecule has 2 unspecified atom stereocenters. The molecule has 3 N–H and O–H groups in total. The van der Waals surface area contributed by atoms with Gasteiger partial charge in [-0.3, -0.25) is 16.2 Å². The van der Waals surface area contributed by atoms with Crippen LogP contribution in [0.4, 0.5) is 0 Å². The average molecular weight is 293 g/mol. The van der Waals surface area contributed by atoms with Gasteiger partial charge in [0.05, 0.1) is 13.2 Å². The predicted octanol–water partition coefficient (Wildman–Crippen LogP) is 3.02. The third-order valence-corrected chi connectivity index (χ3v) is 4.69. The van der Waals surface area contributed by atoms with E-state index >= 15 is 0 Å². The lowest BCUT2D eigenvalue weighted by Crippen LogP contribution is -2.55. The Hall–Kier alpha value is -1.10. The first-order valence-electron chi connectivity index (χ1n) is 7.84. The van der Waals surface area contributed by atoms with Crippen LogP contribution in [0.5, 0.6) is 5.75 Å². The molecule has 0 fully saturated rings. The van der Waals surface area contributed by atoms with Crippen molar-refractivity contribution in [2.75, 3.05) is 20.2 Å². The molecule has 4 heteroatoms. The lowest BCUT2D eigenvalue weighted by Gasteiger charge is -2.45. The summed E-state index contributed by atoms with van der Waals surface area (Å²) < 4.78 is 5.56. The van der Waals surface area contributed by atoms with Gasteiger partial charge in [-0.15, -0.1) is 0 Å². The number of rotatable bonds is 8. The van der Waals surface area contributed by atoms with E-state index in [9.17, 15) is 0 Å². The largest absolute Gasteiger partial charge is 0.496 e. The van der Waals surface area contributed by atoms with Gasteiger partial charge in [-0.25, -0.2) is 0 Å². The number of hydrogen-bond donors (Lipinski definition) is 2. The van der Waals surface area contributed by atoms with Crippen molar-refractivity contribution in [1.82, 2.24) is 10.3 Å². The minimum atomic E-state index is -0.0701. The number of nitrogens with one attached hydrogen (secondary N) is 1. The maximum Gasteiger partial charge on any atom is 0.123 e. The molecule has 21 heavy (non-hydrogen) atoms. The monoisotopic (exact) mass is 293 g/mol. The molecule has 0 spiro atoms. The molecule has 0 aliphatic carbocycles. The quantitative estimate of drug-likeness (QED) is 0.571. The highest BCUT2D eigenvalue weighted by atomic mass is 16.5. The second kappa shape index (κ2) is 7.78. The van der Waals surface area contributed by atoms with Gasteiger partial charge in [0.25, 0.3) is 0 Å². The van der Waals surface area contributed by atoms with Crippen molar-refractivity contribution in [3.05, 3.63) is 29.3 Å². The van der Waals surface area contributed by atoms with Gasteiger partial charge in [0.15, 0.2) is 0 Å². The Bertz CT molecular complexity index is 446. The van der Waals surface area contributed by atoms with Gasteiger partial charge in [0.2, 0.25) is 0 Å². The Morgan fingerprint density at radius 1 is 1.29 bits per heavy atom. The van der Waals surface area contributed by atoms with Crippen LogP contribution in [0.1, 0.15) is 51.3 Å². The number of ether oxygens (including phenoxy) is 1. The first kappa shape index (κ1) is 18.0. The highest BCUT2D eigenvalue weighted by molar-refractivity contribution is 5.40. The van der Waals surface area contributed by atoms with E-state index in [4.69, 9.17) is 10.6 Å². The molecule has 1 rings (SSSR count). The summed E-state index contributed by atoms with van der Waals surface area (Å²) in [6.45, 7) is 13.0. The molecule has 0 aromatic heterocycles. The molecule has 0 amide bonds. The van der Waals surface area contributed by atoms with Crippen LogP contribution in [0, 0.1) is 6.92 Å². The Balaban J connectivity index is 3.36. The minimum absolute atomic E-state index is 0.0113. The Labute approximate surface area is 129 Å². The van der Waals surface area contributed by atoms with Gasteiger partial charge >= 0.3 is 0 Å². The molecular formula is C17H31N3O. The third-order valence-electron chi connectivity index (χ3n) is 4.69. The van der Waals surface area contributed by atoms with E-state index in [0.717, 1.165) is 30.8 Å². The van der Waals surface area contributed by atoms with E-state index in [0.29, 0.717) is 0 Å². The van der Waals surface area contributed by atoms with Gasteiger partial charge in [0, 0.05) is 11.1 Å². The van der Waals surface area contributed by atoms with Crippen LogP contribution in [-0.4, -0.2) is 30.6 Å². The maximum absolute atomic E-state index is 5.96. The van der Waals surface area contributed by atoms with Crippen LogP contribution in [0.25, 0.3) is 0 Å². The summed E-state index contributed by atoms with van der Waals surface area (Å²) in [5, 5.41) is 0. The summed E-state index contributed by atoms with van der Waals surface area (Å²) in [5.41, 5.74) is 5.30. The summed E-state index contributed by atoms with van der Waals surface area (Å²) in [7, 11) is 1.71. The standard InChI is InChI=1S/C17H31N3O/c1-7-17(5,20(8-2)9-3)16(19-18)14-12-13(4)10-11-15(14)21-6/h10-12,16,19H,7-9,18H2,1-6H3. The van der Waals surface area contributed by atoms with Gasteiger partial charge in [-0.05, 0) is 39.4 Å². The number of likely N-dealkylation sites (N-methyl/N-ethyl adjacent to an activating group) is 1. The first-order valence-corrected chi connectivity index (χ1v) is 7.84. The molecule has 1 aromatic carbocycles. The zero-order chi connectivity index (χ0) is 16.0. The molecule has 0 radical (unpaired) electrons. The van der Waals surface area contributed by atoms with E-state index in [2.05, 4.69) is 57.1 Å². The number of hydrazine groups is 1. The average Bonchev–Trinajstić information content (AvgIpc) is 2.49. The smallest absolute Gasteiger partial charge is 0.123 e. The number of nitrogens with two attached hydrogens (primary N) is 1. The highest BCUT2D eigenvalue weighted by Gasteiger charge is 2.38. The summed E-state index contributed by atoms with van der Waals surface area (Å²) in [4.78, 5) is 2.46. The SMILES string of the molecule is CCN(CC)C(C)(CC)C(NN)c1cc(C)ccc1OC. The number of aryl methyl sites for hydroxylation is 1. The molecule has 0 saturated heterocycles. The van der Waals surface area contributed by atoms with Gasteiger partial charge in [-0.1, -0.05) is 38.5 Å². The maximum atomic E-state index is 5.96. The summed E-state index contributed by atoms with van der Waals surface area (Å²) >= 11 is 0. The Kier molecular flexibility index (Phi) is 6.65. The molecule has 4 nitrogen and oxygen atoms in total. The van der Waals surface area contributed by atoms with Crippen molar-refractivity contribution in [1.29, 1.82) is 0 Å². The summed E-state index contributed by atoms with van der Waals surface area (Å²) in [5.74, 6) is 6.84. The van der Waals surface area contributed by atoms with Crippen LogP contribution in [0.2, 0.25) is 0 Å². The molecule has 0 bridgehead atoms. The van der Waals surface area contributed by atoms with E-state index in [-0.39, 0.29) is 11.6 Å². The number of nitrogens with zero attached hydrogens (tertiary/aromatic N) is 1. The van der Waals surface area contributed by atoms with E-state index in [1.807, 2.05) is 6.07 Å². The molecule has 0 aliphatic heterocycles. The molecule has 1 aromatic rings. The van der Waals surface area contributed by atoms with Crippen molar-refractivity contribution in [3.63, 3.8) is 0 Å². The van der Waals surface area contributed by atoms with Crippen LogP contribution in [-0.2, 0) is 0 Å². The number of hydrogen-bond acceptors (Lipinski definition) is 4. The topological polar surface area (TPSA) is 50.5 Å². The fraction of sp³-hybridized carbons (Fsp3) is 0.647. The first-order chi connectivity index (χ1) is 9.98. The van der Waals surface area contributed by atoms with Crippen molar-refractivity contribution in [2.45, 2.75) is 52.6 Å². The fourth-order valence-corrected chi connectivity index (χ4v) is 3.24. The molecule has 0 aliphatic rings. The normalized spacial score (nSPS) is 15.8. The lowest BCUT2D eigenvalue weighted by atomic mass is 9.82. The minimum Gasteiger partial charge on any atom is -0.496 e. The lowest BCUT2D eigenvalue weighted by molar-refractivity contribution is 0.0688. The molecular weight excluding hydrogens is 262 g/mol. The predicted molar refractivity (Wildman–Crippen MR) is 89.4 cm³/mol. The zero-order valence-electron chi connectivity index (χ0n) is 14.4. The van der Waals surface area contributed by atoms with Gasteiger partial charge in [-0.2, -0.15) is 0 Å². The zero-order valence-corrected chi connectivity index (χ0v) is 14.4. The highest BCUT2D eigenvalue weighted by Crippen LogP contribution is 2.38. The third kappa shape index (κ3) is 3.57.